The number of halogens is 3. The van der Waals surface area contributed by atoms with Crippen LogP contribution in [0, 0.1) is 0 Å². The Morgan fingerprint density at radius 3 is 2.65 bits per heavy atom. The van der Waals surface area contributed by atoms with Crippen molar-refractivity contribution in [3.05, 3.63) is 11.9 Å². The molecule has 0 radical (unpaired) electrons. The Kier molecular flexibility index (Phi) is 4.88. The van der Waals surface area contributed by atoms with Crippen LogP contribution in [0.15, 0.2) is 6.20 Å². The van der Waals surface area contributed by atoms with Crippen LogP contribution in [0.1, 0.15) is 12.1 Å². The molecule has 8 heteroatoms. The highest BCUT2D eigenvalue weighted by Gasteiger charge is 2.26. The van der Waals surface area contributed by atoms with Crippen LogP contribution >= 0.6 is 0 Å². The molecule has 2 N–H and O–H groups in total. The largest absolute Gasteiger partial charge is 0.390 e. The van der Waals surface area contributed by atoms with Gasteiger partial charge in [0.05, 0.1) is 18.7 Å². The second-order valence-corrected chi connectivity index (χ2v) is 3.85. The summed E-state index contributed by atoms with van der Waals surface area (Å²) < 4.78 is 37.5. The molecule has 0 atom stereocenters. The third-order valence-electron chi connectivity index (χ3n) is 2.28. The van der Waals surface area contributed by atoms with Crippen LogP contribution in [0.4, 0.5) is 13.2 Å². The monoisotopic (exact) mass is 251 g/mol. The van der Waals surface area contributed by atoms with E-state index in [0.717, 1.165) is 0 Å². The molecule has 0 saturated carbocycles. The lowest BCUT2D eigenvalue weighted by Gasteiger charge is -2.17. The van der Waals surface area contributed by atoms with Crippen molar-refractivity contribution < 1.29 is 13.2 Å². The minimum absolute atomic E-state index is 0.0120. The average Bonchev–Trinajstić information content (AvgIpc) is 2.70. The van der Waals surface area contributed by atoms with Crippen molar-refractivity contribution in [1.29, 1.82) is 0 Å². The van der Waals surface area contributed by atoms with Gasteiger partial charge in [-0.1, -0.05) is 5.21 Å². The first-order chi connectivity index (χ1) is 7.90. The maximum Gasteiger partial charge on any atom is 0.390 e. The van der Waals surface area contributed by atoms with Crippen LogP contribution in [0.5, 0.6) is 0 Å². The van der Waals surface area contributed by atoms with E-state index < -0.39 is 12.6 Å². The maximum absolute atomic E-state index is 12.0. The minimum atomic E-state index is -4.10. The molecule has 17 heavy (non-hydrogen) atoms. The van der Waals surface area contributed by atoms with Crippen molar-refractivity contribution >= 4 is 0 Å². The van der Waals surface area contributed by atoms with Gasteiger partial charge < -0.3 is 10.6 Å². The topological polar surface area (TPSA) is 60.0 Å². The Labute approximate surface area is 97.4 Å². The van der Waals surface area contributed by atoms with Crippen molar-refractivity contribution in [2.24, 2.45) is 5.73 Å². The first kappa shape index (κ1) is 13.9. The van der Waals surface area contributed by atoms with E-state index in [9.17, 15) is 13.2 Å². The lowest BCUT2D eigenvalue weighted by atomic mass is 10.4. The quantitative estimate of drug-likeness (QED) is 0.805. The zero-order valence-corrected chi connectivity index (χ0v) is 9.61. The molecule has 0 aliphatic heterocycles. The van der Waals surface area contributed by atoms with Crippen LogP contribution in [0.2, 0.25) is 0 Å². The Hall–Kier alpha value is -1.15. The van der Waals surface area contributed by atoms with Crippen LogP contribution in [-0.4, -0.2) is 46.2 Å². The molecule has 0 fully saturated rings. The molecule has 1 aromatic rings. The van der Waals surface area contributed by atoms with Crippen LogP contribution < -0.4 is 5.73 Å². The van der Waals surface area contributed by atoms with Gasteiger partial charge in [0.1, 0.15) is 0 Å². The predicted molar refractivity (Wildman–Crippen MR) is 56.1 cm³/mol. The minimum Gasteiger partial charge on any atom is -0.325 e. The molecule has 1 rings (SSSR count). The lowest BCUT2D eigenvalue weighted by molar-refractivity contribution is -0.137. The van der Waals surface area contributed by atoms with E-state index in [1.54, 1.807) is 22.8 Å². The number of alkyl halides is 3. The number of likely N-dealkylation sites (N-methyl/N-ethyl adjacent to an activating group) is 1. The molecule has 98 valence electrons. The summed E-state index contributed by atoms with van der Waals surface area (Å²) in [5.74, 6) is 0. The molecule has 0 saturated heterocycles. The van der Waals surface area contributed by atoms with Crippen LogP contribution in [0.3, 0.4) is 0 Å². The van der Waals surface area contributed by atoms with E-state index >= 15 is 0 Å². The fourth-order valence-electron chi connectivity index (χ4n) is 1.24. The molecular weight excluding hydrogens is 235 g/mol. The van der Waals surface area contributed by atoms with E-state index in [4.69, 9.17) is 5.73 Å². The zero-order valence-electron chi connectivity index (χ0n) is 9.61. The van der Waals surface area contributed by atoms with E-state index in [-0.39, 0.29) is 6.54 Å². The van der Waals surface area contributed by atoms with Crippen molar-refractivity contribution in [2.45, 2.75) is 25.7 Å². The molecule has 5 nitrogen and oxygen atoms in total. The number of nitrogens with two attached hydrogens (primary N) is 1. The predicted octanol–water partition coefficient (Wildman–Crippen LogP) is 0.621. The summed E-state index contributed by atoms with van der Waals surface area (Å²) in [4.78, 5) is 1.61. The molecule has 1 heterocycles. The van der Waals surface area contributed by atoms with E-state index in [2.05, 4.69) is 10.3 Å². The van der Waals surface area contributed by atoms with E-state index in [1.165, 1.54) is 0 Å². The fraction of sp³-hybridized carbons (Fsp3) is 0.778. The molecule has 0 bridgehead atoms. The third kappa shape index (κ3) is 5.64. The molecule has 0 unspecified atom stereocenters. The van der Waals surface area contributed by atoms with Gasteiger partial charge in [0.25, 0.3) is 0 Å². The molecule has 0 spiro atoms. The Balaban J connectivity index is 2.25. The summed E-state index contributed by atoms with van der Waals surface area (Å²) >= 11 is 0. The van der Waals surface area contributed by atoms with Gasteiger partial charge in [0.2, 0.25) is 0 Å². The Morgan fingerprint density at radius 1 is 1.41 bits per heavy atom. The zero-order chi connectivity index (χ0) is 12.9. The van der Waals surface area contributed by atoms with Crippen molar-refractivity contribution in [1.82, 2.24) is 19.9 Å². The highest BCUT2D eigenvalue weighted by atomic mass is 19.4. The average molecular weight is 251 g/mol. The van der Waals surface area contributed by atoms with Gasteiger partial charge in [0, 0.05) is 25.8 Å². The van der Waals surface area contributed by atoms with E-state index in [0.29, 0.717) is 25.3 Å². The van der Waals surface area contributed by atoms with Crippen molar-refractivity contribution in [3.63, 3.8) is 0 Å². The number of rotatable bonds is 6. The first-order valence-electron chi connectivity index (χ1n) is 5.25. The summed E-state index contributed by atoms with van der Waals surface area (Å²) in [6, 6.07) is 0. The summed E-state index contributed by atoms with van der Waals surface area (Å²) in [5.41, 5.74) is 6.03. The van der Waals surface area contributed by atoms with Gasteiger partial charge in [-0.05, 0) is 7.05 Å². The normalized spacial score (nSPS) is 12.4. The van der Waals surface area contributed by atoms with Gasteiger partial charge in [0.15, 0.2) is 0 Å². The van der Waals surface area contributed by atoms with E-state index in [1.807, 2.05) is 0 Å². The SMILES string of the molecule is CN(CCn1cc(CN)nn1)CCC(F)(F)F. The highest BCUT2D eigenvalue weighted by molar-refractivity contribution is 4.90. The molecule has 0 aliphatic carbocycles. The van der Waals surface area contributed by atoms with Gasteiger partial charge in [-0.15, -0.1) is 5.10 Å². The summed E-state index contributed by atoms with van der Waals surface area (Å²) in [5, 5.41) is 7.59. The van der Waals surface area contributed by atoms with Crippen molar-refractivity contribution in [2.75, 3.05) is 20.1 Å². The third-order valence-corrected chi connectivity index (χ3v) is 2.28. The second-order valence-electron chi connectivity index (χ2n) is 3.85. The van der Waals surface area contributed by atoms with Crippen LogP contribution in [0.25, 0.3) is 0 Å². The van der Waals surface area contributed by atoms with Crippen LogP contribution in [-0.2, 0) is 13.1 Å². The molecule has 0 amide bonds. The lowest BCUT2D eigenvalue weighted by Crippen LogP contribution is -2.27. The smallest absolute Gasteiger partial charge is 0.325 e. The molecular formula is C9H16F3N5. The highest BCUT2D eigenvalue weighted by Crippen LogP contribution is 2.19. The van der Waals surface area contributed by atoms with Gasteiger partial charge in [-0.25, -0.2) is 0 Å². The summed E-state index contributed by atoms with van der Waals surface area (Å²) in [6.07, 6.45) is -3.21. The number of hydrogen-bond acceptors (Lipinski definition) is 4. The second kappa shape index (κ2) is 5.97. The Morgan fingerprint density at radius 2 is 2.12 bits per heavy atom. The summed E-state index contributed by atoms with van der Waals surface area (Å²) in [6.45, 7) is 1.29. The van der Waals surface area contributed by atoms with Gasteiger partial charge >= 0.3 is 6.18 Å². The molecule has 0 aromatic carbocycles. The Bertz CT molecular complexity index is 336. The maximum atomic E-state index is 12.0. The number of aromatic nitrogens is 3. The number of hydrogen-bond donors (Lipinski definition) is 1. The van der Waals surface area contributed by atoms with Gasteiger partial charge in [-0.2, -0.15) is 13.2 Å². The summed E-state index contributed by atoms with van der Waals surface area (Å²) in [7, 11) is 1.65. The number of nitrogens with zero attached hydrogens (tertiary/aromatic N) is 4. The first-order valence-corrected chi connectivity index (χ1v) is 5.25. The van der Waals surface area contributed by atoms with Crippen molar-refractivity contribution in [3.8, 4) is 0 Å². The molecule has 1 aromatic heterocycles. The fourth-order valence-corrected chi connectivity index (χ4v) is 1.24. The molecule has 0 aliphatic rings. The standard InChI is InChI=1S/C9H16F3N5/c1-16(3-2-9(10,11)12)4-5-17-7-8(6-13)14-15-17/h7H,2-6,13H2,1H3. The van der Waals surface area contributed by atoms with Gasteiger partial charge in [-0.3, -0.25) is 4.68 Å².